The molecule has 0 bridgehead atoms. The number of anilines is 1. The predicted molar refractivity (Wildman–Crippen MR) is 80.2 cm³/mol. The van der Waals surface area contributed by atoms with Crippen molar-refractivity contribution in [3.63, 3.8) is 0 Å². The highest BCUT2D eigenvalue weighted by molar-refractivity contribution is 6.32. The third-order valence-corrected chi connectivity index (χ3v) is 4.06. The number of nitrogens with one attached hydrogen (secondary N) is 1. The molecule has 1 fully saturated rings. The Hall–Kier alpha value is -1.07. The normalized spacial score (nSPS) is 22.4. The van der Waals surface area contributed by atoms with Gasteiger partial charge in [0.1, 0.15) is 5.02 Å². The van der Waals surface area contributed by atoms with Gasteiger partial charge in [0.05, 0.1) is 18.0 Å². The zero-order valence-corrected chi connectivity index (χ0v) is 12.7. The second-order valence-electron chi connectivity index (χ2n) is 5.89. The molecule has 1 aromatic heterocycles. The van der Waals surface area contributed by atoms with Crippen LogP contribution in [0.25, 0.3) is 0 Å². The van der Waals surface area contributed by atoms with Gasteiger partial charge in [-0.3, -0.25) is 4.79 Å². The van der Waals surface area contributed by atoms with Crippen molar-refractivity contribution >= 4 is 17.3 Å². The monoisotopic (exact) mass is 299 g/mol. The van der Waals surface area contributed by atoms with Gasteiger partial charge in [-0.1, -0.05) is 31.9 Å². The van der Waals surface area contributed by atoms with Gasteiger partial charge in [0, 0.05) is 19.0 Å². The highest BCUT2D eigenvalue weighted by Gasteiger charge is 2.25. The first-order valence-corrected chi connectivity index (χ1v) is 7.54. The summed E-state index contributed by atoms with van der Waals surface area (Å²) in [5.41, 5.74) is 0.285. The van der Waals surface area contributed by atoms with Crippen LogP contribution in [-0.2, 0) is 6.54 Å². The molecule has 0 radical (unpaired) electrons. The van der Waals surface area contributed by atoms with E-state index in [4.69, 9.17) is 11.6 Å². The van der Waals surface area contributed by atoms with Gasteiger partial charge in [0.2, 0.25) is 0 Å². The van der Waals surface area contributed by atoms with Crippen molar-refractivity contribution in [1.82, 2.24) is 9.78 Å². The molecule has 2 unspecified atom stereocenters. The highest BCUT2D eigenvalue weighted by atomic mass is 35.5. The molecule has 1 aliphatic carbocycles. The summed E-state index contributed by atoms with van der Waals surface area (Å²) < 4.78 is 1.39. The molecule has 5 nitrogen and oxygen atoms in total. The first-order chi connectivity index (χ1) is 9.49. The molecule has 0 amide bonds. The smallest absolute Gasteiger partial charge is 0.287 e. The summed E-state index contributed by atoms with van der Waals surface area (Å²) in [5, 5.41) is 17.2. The van der Waals surface area contributed by atoms with E-state index < -0.39 is 0 Å². The van der Waals surface area contributed by atoms with Gasteiger partial charge in [-0.2, -0.15) is 5.10 Å². The Balaban J connectivity index is 2.05. The molecule has 0 saturated heterocycles. The molecule has 0 aliphatic heterocycles. The second kappa shape index (κ2) is 6.59. The SMILES string of the molecule is CC(C)Cn1ncc(NCC2CCCC2O)c(Cl)c1=O. The number of rotatable bonds is 5. The Morgan fingerprint density at radius 2 is 2.30 bits per heavy atom. The van der Waals surface area contributed by atoms with Gasteiger partial charge in [-0.15, -0.1) is 0 Å². The topological polar surface area (TPSA) is 67.2 Å². The lowest BCUT2D eigenvalue weighted by Crippen LogP contribution is -2.27. The van der Waals surface area contributed by atoms with Crippen LogP contribution in [0.1, 0.15) is 33.1 Å². The largest absolute Gasteiger partial charge is 0.393 e. The maximum atomic E-state index is 12.1. The first kappa shape index (κ1) is 15.3. The van der Waals surface area contributed by atoms with Crippen molar-refractivity contribution in [2.24, 2.45) is 11.8 Å². The summed E-state index contributed by atoms with van der Waals surface area (Å²) in [7, 11) is 0. The Bertz CT molecular complexity index is 516. The maximum Gasteiger partial charge on any atom is 0.287 e. The molecule has 1 saturated carbocycles. The van der Waals surface area contributed by atoms with E-state index in [1.165, 1.54) is 4.68 Å². The minimum absolute atomic E-state index is 0.174. The van der Waals surface area contributed by atoms with Crippen molar-refractivity contribution < 1.29 is 5.11 Å². The average Bonchev–Trinajstić information content (AvgIpc) is 2.79. The third kappa shape index (κ3) is 3.52. The molecule has 1 aliphatic rings. The lowest BCUT2D eigenvalue weighted by molar-refractivity contribution is 0.138. The molecule has 2 N–H and O–H groups in total. The summed E-state index contributed by atoms with van der Waals surface area (Å²) in [6.07, 6.45) is 4.25. The highest BCUT2D eigenvalue weighted by Crippen LogP contribution is 2.26. The first-order valence-electron chi connectivity index (χ1n) is 7.16. The van der Waals surface area contributed by atoms with Crippen LogP contribution in [0.15, 0.2) is 11.0 Å². The van der Waals surface area contributed by atoms with Gasteiger partial charge in [-0.25, -0.2) is 4.68 Å². The predicted octanol–water partition coefficient (Wildman–Crippen LogP) is 2.13. The lowest BCUT2D eigenvalue weighted by Gasteiger charge is -2.17. The standard InChI is InChI=1S/C14H22ClN3O2/c1-9(2)8-18-14(20)13(15)11(7-17-18)16-6-10-4-3-5-12(10)19/h7,9-10,12,16,19H,3-6,8H2,1-2H3. The molecule has 112 valence electrons. The number of aliphatic hydroxyl groups excluding tert-OH is 1. The Morgan fingerprint density at radius 1 is 1.55 bits per heavy atom. The summed E-state index contributed by atoms with van der Waals surface area (Å²) in [6.45, 7) is 5.22. The van der Waals surface area contributed by atoms with Gasteiger partial charge < -0.3 is 10.4 Å². The van der Waals surface area contributed by atoms with Crippen LogP contribution in [0.2, 0.25) is 5.02 Å². The van der Waals surface area contributed by atoms with Crippen molar-refractivity contribution in [3.8, 4) is 0 Å². The molecule has 0 spiro atoms. The summed E-state index contributed by atoms with van der Waals surface area (Å²) in [5.74, 6) is 0.563. The second-order valence-corrected chi connectivity index (χ2v) is 6.27. The van der Waals surface area contributed by atoms with Crippen LogP contribution < -0.4 is 10.9 Å². The maximum absolute atomic E-state index is 12.1. The van der Waals surface area contributed by atoms with Crippen LogP contribution in [-0.4, -0.2) is 27.5 Å². The quantitative estimate of drug-likeness (QED) is 0.874. The number of hydrogen-bond acceptors (Lipinski definition) is 4. The molecule has 2 rings (SSSR count). The van der Waals surface area contributed by atoms with E-state index >= 15 is 0 Å². The number of nitrogens with zero attached hydrogens (tertiary/aromatic N) is 2. The fraction of sp³-hybridized carbons (Fsp3) is 0.714. The van der Waals surface area contributed by atoms with E-state index in [0.717, 1.165) is 19.3 Å². The summed E-state index contributed by atoms with van der Waals surface area (Å²) >= 11 is 6.11. The van der Waals surface area contributed by atoms with Crippen molar-refractivity contribution in [2.75, 3.05) is 11.9 Å². The number of halogens is 1. The molecule has 0 aromatic carbocycles. The van der Waals surface area contributed by atoms with E-state index in [9.17, 15) is 9.90 Å². The number of aromatic nitrogens is 2. The third-order valence-electron chi connectivity index (χ3n) is 3.70. The van der Waals surface area contributed by atoms with Gasteiger partial charge in [0.25, 0.3) is 5.56 Å². The van der Waals surface area contributed by atoms with E-state index in [0.29, 0.717) is 24.7 Å². The molecule has 20 heavy (non-hydrogen) atoms. The molecular formula is C14H22ClN3O2. The van der Waals surface area contributed by atoms with Crippen LogP contribution in [0, 0.1) is 11.8 Å². The number of aliphatic hydroxyl groups is 1. The minimum Gasteiger partial charge on any atom is -0.393 e. The Labute approximate surface area is 124 Å². The lowest BCUT2D eigenvalue weighted by atomic mass is 10.1. The molecular weight excluding hydrogens is 278 g/mol. The average molecular weight is 300 g/mol. The molecule has 2 atom stereocenters. The van der Waals surface area contributed by atoms with Crippen LogP contribution in [0.3, 0.4) is 0 Å². The van der Waals surface area contributed by atoms with Crippen molar-refractivity contribution in [3.05, 3.63) is 21.6 Å². The number of hydrogen-bond donors (Lipinski definition) is 2. The fourth-order valence-electron chi connectivity index (χ4n) is 2.56. The zero-order chi connectivity index (χ0) is 14.7. The van der Waals surface area contributed by atoms with Crippen LogP contribution in [0.5, 0.6) is 0 Å². The van der Waals surface area contributed by atoms with E-state index in [1.54, 1.807) is 6.20 Å². The van der Waals surface area contributed by atoms with E-state index in [1.807, 2.05) is 13.8 Å². The summed E-state index contributed by atoms with van der Waals surface area (Å²) in [6, 6.07) is 0. The molecule has 6 heteroatoms. The molecule has 1 heterocycles. The van der Waals surface area contributed by atoms with Crippen molar-refractivity contribution in [2.45, 2.75) is 45.8 Å². The van der Waals surface area contributed by atoms with Crippen LogP contribution >= 0.6 is 11.6 Å². The van der Waals surface area contributed by atoms with Gasteiger partial charge >= 0.3 is 0 Å². The van der Waals surface area contributed by atoms with E-state index in [2.05, 4.69) is 10.4 Å². The Kier molecular flexibility index (Phi) is 5.05. The molecule has 1 aromatic rings. The fourth-order valence-corrected chi connectivity index (χ4v) is 2.77. The van der Waals surface area contributed by atoms with Crippen molar-refractivity contribution in [1.29, 1.82) is 0 Å². The zero-order valence-electron chi connectivity index (χ0n) is 12.0. The Morgan fingerprint density at radius 3 is 2.90 bits per heavy atom. The van der Waals surface area contributed by atoms with Crippen LogP contribution in [0.4, 0.5) is 5.69 Å². The van der Waals surface area contributed by atoms with Gasteiger partial charge in [-0.05, 0) is 18.8 Å². The summed E-state index contributed by atoms with van der Waals surface area (Å²) in [4.78, 5) is 12.1. The van der Waals surface area contributed by atoms with E-state index in [-0.39, 0.29) is 22.6 Å². The van der Waals surface area contributed by atoms with Gasteiger partial charge in [0.15, 0.2) is 0 Å². The minimum atomic E-state index is -0.266.